The molecule has 0 aliphatic rings. The van der Waals surface area contributed by atoms with Crippen LogP contribution in [0.25, 0.3) is 0 Å². The summed E-state index contributed by atoms with van der Waals surface area (Å²) < 4.78 is 4.82. The molecule has 1 atom stereocenters. The predicted molar refractivity (Wildman–Crippen MR) is 64.0 cm³/mol. The van der Waals surface area contributed by atoms with Crippen molar-refractivity contribution in [2.75, 3.05) is 19.0 Å². The minimum Gasteiger partial charge on any atom is -0.462 e. The van der Waals surface area contributed by atoms with Crippen molar-refractivity contribution in [3.63, 3.8) is 0 Å². The molecule has 5 nitrogen and oxygen atoms in total. The lowest BCUT2D eigenvalue weighted by Gasteiger charge is -2.06. The van der Waals surface area contributed by atoms with E-state index < -0.39 is 12.1 Å². The fourth-order valence-electron chi connectivity index (χ4n) is 1.04. The highest BCUT2D eigenvalue weighted by atomic mass is 32.2. The summed E-state index contributed by atoms with van der Waals surface area (Å²) in [6.45, 7) is 1.80. The quantitative estimate of drug-likeness (QED) is 0.577. The fourth-order valence-corrected chi connectivity index (χ4v) is 1.80. The molecule has 0 aliphatic carbocycles. The van der Waals surface area contributed by atoms with Crippen molar-refractivity contribution in [1.29, 1.82) is 0 Å². The monoisotopic (exact) mass is 257 g/mol. The molecule has 0 radical (unpaired) electrons. The Labute approximate surface area is 104 Å². The van der Waals surface area contributed by atoms with Gasteiger partial charge in [-0.15, -0.1) is 11.8 Å². The number of aromatic nitrogens is 1. The third kappa shape index (κ3) is 4.72. The van der Waals surface area contributed by atoms with Crippen LogP contribution < -0.4 is 0 Å². The highest BCUT2D eigenvalue weighted by molar-refractivity contribution is 7.99. The number of carbonyl (C=O) groups excluding carboxylic acids is 1. The number of hydrogen-bond donors (Lipinski definition) is 2. The van der Waals surface area contributed by atoms with E-state index in [1.807, 2.05) is 0 Å². The number of ether oxygens (including phenoxy) is 1. The standard InChI is InChI=1S/C11H15NO4S/c1-2-16-11(15)8-3-4-10(12-5-8)17-7-9(14)6-13/h3-5,9,13-14H,2,6-7H2,1H3. The number of thioether (sulfide) groups is 1. The van der Waals surface area contributed by atoms with Crippen LogP contribution in [0, 0.1) is 0 Å². The maximum absolute atomic E-state index is 11.3. The molecule has 17 heavy (non-hydrogen) atoms. The number of carbonyl (C=O) groups is 1. The van der Waals surface area contributed by atoms with Crippen LogP contribution in [0.3, 0.4) is 0 Å². The topological polar surface area (TPSA) is 79.7 Å². The summed E-state index contributed by atoms with van der Waals surface area (Å²) in [6, 6.07) is 3.31. The second-order valence-electron chi connectivity index (χ2n) is 3.25. The van der Waals surface area contributed by atoms with E-state index in [2.05, 4.69) is 4.98 Å². The zero-order valence-corrected chi connectivity index (χ0v) is 10.3. The maximum Gasteiger partial charge on any atom is 0.339 e. The molecule has 0 aromatic carbocycles. The SMILES string of the molecule is CCOC(=O)c1ccc(SCC(O)CO)nc1. The van der Waals surface area contributed by atoms with Crippen LogP contribution in [-0.4, -0.2) is 46.2 Å². The Balaban J connectivity index is 2.53. The molecule has 1 aromatic rings. The van der Waals surface area contributed by atoms with Crippen LogP contribution in [0.5, 0.6) is 0 Å². The first-order valence-electron chi connectivity index (χ1n) is 5.22. The van der Waals surface area contributed by atoms with Crippen LogP contribution in [-0.2, 0) is 4.74 Å². The number of hydrogen-bond acceptors (Lipinski definition) is 6. The van der Waals surface area contributed by atoms with Crippen molar-refractivity contribution in [3.05, 3.63) is 23.9 Å². The van der Waals surface area contributed by atoms with Gasteiger partial charge in [-0.3, -0.25) is 0 Å². The van der Waals surface area contributed by atoms with E-state index in [1.54, 1.807) is 19.1 Å². The fraction of sp³-hybridized carbons (Fsp3) is 0.455. The van der Waals surface area contributed by atoms with E-state index in [1.165, 1.54) is 18.0 Å². The molecule has 0 amide bonds. The number of aliphatic hydroxyl groups is 2. The lowest BCUT2D eigenvalue weighted by atomic mass is 10.3. The third-order valence-corrected chi connectivity index (χ3v) is 2.97. The highest BCUT2D eigenvalue weighted by Gasteiger charge is 2.08. The summed E-state index contributed by atoms with van der Waals surface area (Å²) in [7, 11) is 0. The predicted octanol–water partition coefficient (Wildman–Crippen LogP) is 0.704. The molecule has 1 rings (SSSR count). The van der Waals surface area contributed by atoms with Crippen LogP contribution in [0.15, 0.2) is 23.4 Å². The summed E-state index contributed by atoms with van der Waals surface area (Å²) >= 11 is 1.31. The zero-order valence-electron chi connectivity index (χ0n) is 9.50. The van der Waals surface area contributed by atoms with Gasteiger partial charge in [0, 0.05) is 11.9 Å². The van der Waals surface area contributed by atoms with Crippen LogP contribution in [0.4, 0.5) is 0 Å². The first-order chi connectivity index (χ1) is 8.17. The Kier molecular flexibility index (Phi) is 5.96. The van der Waals surface area contributed by atoms with Gasteiger partial charge in [-0.05, 0) is 19.1 Å². The second kappa shape index (κ2) is 7.26. The summed E-state index contributed by atoms with van der Waals surface area (Å²) in [5.74, 6) is -0.0330. The van der Waals surface area contributed by atoms with Crippen molar-refractivity contribution in [2.45, 2.75) is 18.1 Å². The van der Waals surface area contributed by atoms with E-state index in [-0.39, 0.29) is 6.61 Å². The summed E-state index contributed by atoms with van der Waals surface area (Å²) in [5.41, 5.74) is 0.402. The number of aliphatic hydroxyl groups excluding tert-OH is 2. The number of rotatable bonds is 6. The largest absolute Gasteiger partial charge is 0.462 e. The lowest BCUT2D eigenvalue weighted by Crippen LogP contribution is -2.14. The molecular weight excluding hydrogens is 242 g/mol. The van der Waals surface area contributed by atoms with Gasteiger partial charge in [-0.25, -0.2) is 9.78 Å². The second-order valence-corrected chi connectivity index (χ2v) is 4.29. The molecule has 0 saturated carbocycles. The van der Waals surface area contributed by atoms with Crippen molar-refractivity contribution < 1.29 is 19.7 Å². The average Bonchev–Trinajstić information content (AvgIpc) is 2.36. The van der Waals surface area contributed by atoms with Gasteiger partial charge >= 0.3 is 5.97 Å². The van der Waals surface area contributed by atoms with Crippen molar-refractivity contribution in [3.8, 4) is 0 Å². The first kappa shape index (κ1) is 14.0. The highest BCUT2D eigenvalue weighted by Crippen LogP contribution is 2.16. The zero-order chi connectivity index (χ0) is 12.7. The summed E-state index contributed by atoms with van der Waals surface area (Å²) in [5, 5.41) is 18.5. The van der Waals surface area contributed by atoms with Crippen molar-refractivity contribution in [1.82, 2.24) is 4.98 Å². The first-order valence-corrected chi connectivity index (χ1v) is 6.20. The Hall–Kier alpha value is -1.11. The van der Waals surface area contributed by atoms with Gasteiger partial charge in [0.05, 0.1) is 29.9 Å². The summed E-state index contributed by atoms with van der Waals surface area (Å²) in [4.78, 5) is 15.4. The molecule has 0 bridgehead atoms. The Morgan fingerprint density at radius 3 is 2.88 bits per heavy atom. The molecule has 1 heterocycles. The third-order valence-electron chi connectivity index (χ3n) is 1.88. The van der Waals surface area contributed by atoms with Gasteiger partial charge in [0.1, 0.15) is 0 Å². The number of nitrogens with zero attached hydrogens (tertiary/aromatic N) is 1. The van der Waals surface area contributed by atoms with E-state index in [0.29, 0.717) is 22.9 Å². The minimum absolute atomic E-state index is 0.270. The molecule has 0 aliphatic heterocycles. The van der Waals surface area contributed by atoms with E-state index in [0.717, 1.165) is 0 Å². The molecule has 6 heteroatoms. The number of esters is 1. The smallest absolute Gasteiger partial charge is 0.339 e. The van der Waals surface area contributed by atoms with E-state index in [4.69, 9.17) is 14.9 Å². The minimum atomic E-state index is -0.758. The van der Waals surface area contributed by atoms with Gasteiger partial charge in [0.15, 0.2) is 0 Å². The molecular formula is C11H15NO4S. The molecule has 1 aromatic heterocycles. The van der Waals surface area contributed by atoms with Crippen molar-refractivity contribution in [2.24, 2.45) is 0 Å². The summed E-state index contributed by atoms with van der Waals surface area (Å²) in [6.07, 6.45) is 0.678. The lowest BCUT2D eigenvalue weighted by molar-refractivity contribution is 0.0525. The van der Waals surface area contributed by atoms with Crippen LogP contribution >= 0.6 is 11.8 Å². The van der Waals surface area contributed by atoms with E-state index >= 15 is 0 Å². The molecule has 0 spiro atoms. The van der Waals surface area contributed by atoms with E-state index in [9.17, 15) is 4.79 Å². The van der Waals surface area contributed by atoms with Gasteiger partial charge in [-0.2, -0.15) is 0 Å². The molecule has 2 N–H and O–H groups in total. The van der Waals surface area contributed by atoms with Gasteiger partial charge in [0.2, 0.25) is 0 Å². The average molecular weight is 257 g/mol. The number of pyridine rings is 1. The van der Waals surface area contributed by atoms with Gasteiger partial charge in [-0.1, -0.05) is 0 Å². The van der Waals surface area contributed by atoms with Crippen LogP contribution in [0.1, 0.15) is 17.3 Å². The molecule has 94 valence electrons. The van der Waals surface area contributed by atoms with Gasteiger partial charge < -0.3 is 14.9 Å². The Bertz CT molecular complexity index is 355. The maximum atomic E-state index is 11.3. The molecule has 0 saturated heterocycles. The van der Waals surface area contributed by atoms with Gasteiger partial charge in [0.25, 0.3) is 0 Å². The molecule has 1 unspecified atom stereocenters. The normalized spacial score (nSPS) is 12.2. The van der Waals surface area contributed by atoms with Crippen LogP contribution in [0.2, 0.25) is 0 Å². The Morgan fingerprint density at radius 1 is 1.59 bits per heavy atom. The molecule has 0 fully saturated rings. The van der Waals surface area contributed by atoms with Crippen molar-refractivity contribution >= 4 is 17.7 Å². The Morgan fingerprint density at radius 2 is 2.35 bits per heavy atom.